The molecule has 0 aliphatic carbocycles. The van der Waals surface area contributed by atoms with Crippen LogP contribution < -0.4 is 4.90 Å². The Hall–Kier alpha value is -2.73. The fraction of sp³-hybridized carbons (Fsp3) is 0.0667. The van der Waals surface area contributed by atoms with Gasteiger partial charge in [-0.3, -0.25) is 19.7 Å². The van der Waals surface area contributed by atoms with E-state index in [2.05, 4.69) is 0 Å². The van der Waals surface area contributed by atoms with Gasteiger partial charge in [-0.2, -0.15) is 0 Å². The van der Waals surface area contributed by atoms with Crippen LogP contribution in [0.25, 0.3) is 0 Å². The highest BCUT2D eigenvalue weighted by Gasteiger charge is 2.42. The fourth-order valence-electron chi connectivity index (χ4n) is 2.44. The first kappa shape index (κ1) is 14.2. The quantitative estimate of drug-likeness (QED) is 0.483. The highest BCUT2D eigenvalue weighted by Crippen LogP contribution is 2.37. The molecule has 1 aliphatic heterocycles. The predicted molar refractivity (Wildman–Crippen MR) is 80.4 cm³/mol. The number of benzene rings is 2. The van der Waals surface area contributed by atoms with Gasteiger partial charge in [0, 0.05) is 6.07 Å². The van der Waals surface area contributed by atoms with Gasteiger partial charge in [-0.25, -0.2) is 4.90 Å². The maximum Gasteiger partial charge on any atom is 0.283 e. The minimum atomic E-state index is -0.736. The van der Waals surface area contributed by atoms with E-state index in [0.29, 0.717) is 5.56 Å². The van der Waals surface area contributed by atoms with Gasteiger partial charge in [-0.1, -0.05) is 29.8 Å². The number of nitro benzene ring substituents is 1. The van der Waals surface area contributed by atoms with E-state index < -0.39 is 16.7 Å². The van der Waals surface area contributed by atoms with Crippen LogP contribution in [0.1, 0.15) is 26.3 Å². The standard InChI is InChI=1S/C15H9ClN2O4/c1-8-4-2-7-11(13(8)16)17-14(19)9-5-3-6-10(18(21)22)12(9)15(17)20/h2-7H,1H3. The minimum Gasteiger partial charge on any atom is -0.268 e. The second-order valence-corrected chi connectivity index (χ2v) is 5.19. The van der Waals surface area contributed by atoms with Crippen LogP contribution in [0.3, 0.4) is 0 Å². The van der Waals surface area contributed by atoms with Crippen LogP contribution in [-0.4, -0.2) is 16.7 Å². The van der Waals surface area contributed by atoms with Crippen LogP contribution in [0.5, 0.6) is 0 Å². The van der Waals surface area contributed by atoms with Crippen molar-refractivity contribution in [2.75, 3.05) is 4.90 Å². The Morgan fingerprint density at radius 2 is 1.77 bits per heavy atom. The average molecular weight is 317 g/mol. The van der Waals surface area contributed by atoms with E-state index in [1.54, 1.807) is 19.1 Å². The molecule has 2 aromatic carbocycles. The molecule has 7 heteroatoms. The Morgan fingerprint density at radius 1 is 1.09 bits per heavy atom. The lowest BCUT2D eigenvalue weighted by atomic mass is 10.1. The van der Waals surface area contributed by atoms with Gasteiger partial charge in [0.1, 0.15) is 5.56 Å². The lowest BCUT2D eigenvalue weighted by Crippen LogP contribution is -2.29. The molecular weight excluding hydrogens is 308 g/mol. The molecular formula is C15H9ClN2O4. The molecule has 22 heavy (non-hydrogen) atoms. The van der Waals surface area contributed by atoms with Gasteiger partial charge in [-0.05, 0) is 24.6 Å². The second-order valence-electron chi connectivity index (χ2n) is 4.81. The van der Waals surface area contributed by atoms with Crippen molar-refractivity contribution in [1.29, 1.82) is 0 Å². The van der Waals surface area contributed by atoms with Crippen molar-refractivity contribution >= 4 is 34.8 Å². The first-order valence-electron chi connectivity index (χ1n) is 6.34. The highest BCUT2D eigenvalue weighted by molar-refractivity contribution is 6.40. The molecule has 1 aliphatic rings. The van der Waals surface area contributed by atoms with Gasteiger partial charge in [0.25, 0.3) is 17.5 Å². The van der Waals surface area contributed by atoms with E-state index in [9.17, 15) is 19.7 Å². The number of hydrogen-bond acceptors (Lipinski definition) is 4. The molecule has 110 valence electrons. The summed E-state index contributed by atoms with van der Waals surface area (Å²) >= 11 is 6.17. The molecule has 1 heterocycles. The third-order valence-electron chi connectivity index (χ3n) is 3.50. The van der Waals surface area contributed by atoms with Crippen molar-refractivity contribution in [2.45, 2.75) is 6.92 Å². The van der Waals surface area contributed by atoms with Crippen LogP contribution in [-0.2, 0) is 0 Å². The van der Waals surface area contributed by atoms with E-state index in [0.717, 1.165) is 4.90 Å². The molecule has 0 bridgehead atoms. The molecule has 0 saturated carbocycles. The second kappa shape index (κ2) is 4.92. The summed E-state index contributed by atoms with van der Waals surface area (Å²) in [6, 6.07) is 8.91. The fourth-order valence-corrected chi connectivity index (χ4v) is 2.65. The average Bonchev–Trinajstić information content (AvgIpc) is 2.74. The normalized spacial score (nSPS) is 13.5. The van der Waals surface area contributed by atoms with Crippen LogP contribution in [0, 0.1) is 17.0 Å². The Kier molecular flexibility index (Phi) is 3.18. The number of nitrogens with zero attached hydrogens (tertiary/aromatic N) is 2. The summed E-state index contributed by atoms with van der Waals surface area (Å²) in [5.41, 5.74) is 0.348. The molecule has 2 amide bonds. The summed E-state index contributed by atoms with van der Waals surface area (Å²) in [6.07, 6.45) is 0. The maximum absolute atomic E-state index is 12.5. The number of rotatable bonds is 2. The summed E-state index contributed by atoms with van der Waals surface area (Å²) in [5, 5.41) is 11.3. The monoisotopic (exact) mass is 316 g/mol. The molecule has 3 rings (SSSR count). The third-order valence-corrected chi connectivity index (χ3v) is 3.99. The van der Waals surface area contributed by atoms with Crippen molar-refractivity contribution in [3.8, 4) is 0 Å². The highest BCUT2D eigenvalue weighted by atomic mass is 35.5. The molecule has 0 aromatic heterocycles. The van der Waals surface area contributed by atoms with Gasteiger partial charge < -0.3 is 0 Å². The summed E-state index contributed by atoms with van der Waals surface area (Å²) < 4.78 is 0. The number of carbonyl (C=O) groups excluding carboxylic acids is 2. The van der Waals surface area contributed by atoms with Crippen molar-refractivity contribution in [3.63, 3.8) is 0 Å². The zero-order valence-corrected chi connectivity index (χ0v) is 12.1. The lowest BCUT2D eigenvalue weighted by Gasteiger charge is -2.16. The minimum absolute atomic E-state index is 0.0109. The summed E-state index contributed by atoms with van der Waals surface area (Å²) in [7, 11) is 0. The smallest absolute Gasteiger partial charge is 0.268 e. The molecule has 0 unspecified atom stereocenters. The summed E-state index contributed by atoms with van der Waals surface area (Å²) in [4.78, 5) is 36.3. The molecule has 0 spiro atoms. The zero-order chi connectivity index (χ0) is 16.0. The van der Waals surface area contributed by atoms with Gasteiger partial charge in [0.2, 0.25) is 0 Å². The number of halogens is 1. The molecule has 0 atom stereocenters. The van der Waals surface area contributed by atoms with E-state index in [1.165, 1.54) is 24.3 Å². The molecule has 0 radical (unpaired) electrons. The van der Waals surface area contributed by atoms with Gasteiger partial charge in [0.15, 0.2) is 0 Å². The topological polar surface area (TPSA) is 80.5 Å². The van der Waals surface area contributed by atoms with Crippen LogP contribution in [0.4, 0.5) is 11.4 Å². The zero-order valence-electron chi connectivity index (χ0n) is 11.4. The van der Waals surface area contributed by atoms with Crippen LogP contribution >= 0.6 is 11.6 Å². The number of hydrogen-bond donors (Lipinski definition) is 0. The van der Waals surface area contributed by atoms with Gasteiger partial charge in [-0.15, -0.1) is 0 Å². The molecule has 0 fully saturated rings. The van der Waals surface area contributed by atoms with Crippen molar-refractivity contribution < 1.29 is 14.5 Å². The number of imide groups is 1. The van der Waals surface area contributed by atoms with E-state index in [1.807, 2.05) is 0 Å². The number of nitro groups is 1. The Bertz CT molecular complexity index is 847. The van der Waals surface area contributed by atoms with Crippen molar-refractivity contribution in [1.82, 2.24) is 0 Å². The number of fused-ring (bicyclic) bond motifs is 1. The first-order valence-corrected chi connectivity index (χ1v) is 6.72. The summed E-state index contributed by atoms with van der Waals surface area (Å²) in [5.74, 6) is -1.35. The van der Waals surface area contributed by atoms with Crippen molar-refractivity contribution in [2.24, 2.45) is 0 Å². The largest absolute Gasteiger partial charge is 0.283 e. The van der Waals surface area contributed by atoms with E-state index in [4.69, 9.17) is 11.6 Å². The van der Waals surface area contributed by atoms with Gasteiger partial charge in [0.05, 0.1) is 21.2 Å². The maximum atomic E-state index is 12.5. The lowest BCUT2D eigenvalue weighted by molar-refractivity contribution is -0.385. The van der Waals surface area contributed by atoms with Gasteiger partial charge >= 0.3 is 0 Å². The van der Waals surface area contributed by atoms with Crippen LogP contribution in [0.15, 0.2) is 36.4 Å². The van der Waals surface area contributed by atoms with Crippen LogP contribution in [0.2, 0.25) is 5.02 Å². The molecule has 0 N–H and O–H groups in total. The SMILES string of the molecule is Cc1cccc(N2C(=O)c3cccc([N+](=O)[O-])c3C2=O)c1Cl. The van der Waals surface area contributed by atoms with E-state index >= 15 is 0 Å². The first-order chi connectivity index (χ1) is 10.4. The Balaban J connectivity index is 2.21. The molecule has 6 nitrogen and oxygen atoms in total. The Labute approximate surface area is 130 Å². The number of amides is 2. The third kappa shape index (κ3) is 1.88. The number of anilines is 1. The predicted octanol–water partition coefficient (Wildman–Crippen LogP) is 3.36. The summed E-state index contributed by atoms with van der Waals surface area (Å²) in [6.45, 7) is 1.74. The van der Waals surface area contributed by atoms with Crippen molar-refractivity contribution in [3.05, 3.63) is 68.2 Å². The number of carbonyl (C=O) groups is 2. The molecule has 0 saturated heterocycles. The Morgan fingerprint density at radius 3 is 2.45 bits per heavy atom. The number of aryl methyl sites for hydroxylation is 1. The molecule has 2 aromatic rings. The van der Waals surface area contributed by atoms with E-state index in [-0.39, 0.29) is 27.5 Å².